The lowest BCUT2D eigenvalue weighted by molar-refractivity contribution is -0.183. The van der Waals surface area contributed by atoms with Crippen molar-refractivity contribution in [3.8, 4) is 0 Å². The van der Waals surface area contributed by atoms with Gasteiger partial charge in [0.15, 0.2) is 0 Å². The van der Waals surface area contributed by atoms with E-state index in [2.05, 4.69) is 20.8 Å². The van der Waals surface area contributed by atoms with E-state index >= 15 is 0 Å². The first-order valence-corrected chi connectivity index (χ1v) is 6.69. The lowest BCUT2D eigenvalue weighted by Gasteiger charge is -2.35. The number of aromatic amines is 1. The Kier molecular flexibility index (Phi) is 6.64. The van der Waals surface area contributed by atoms with Crippen LogP contribution < -0.4 is 10.6 Å². The first kappa shape index (κ1) is 18.7. The molecule has 1 amide bonds. The summed E-state index contributed by atoms with van der Waals surface area (Å²) >= 11 is 0. The molecule has 1 unspecified atom stereocenters. The zero-order chi connectivity index (χ0) is 15.5. The number of nitrogens with one attached hydrogen (secondary N) is 3. The average molecular weight is 342 g/mol. The number of H-pyrrole nitrogens is 1. The summed E-state index contributed by atoms with van der Waals surface area (Å²) in [7, 11) is 0. The van der Waals surface area contributed by atoms with Crippen molar-refractivity contribution in [2.75, 3.05) is 32.7 Å². The van der Waals surface area contributed by atoms with Crippen LogP contribution in [0.3, 0.4) is 0 Å². The molecule has 1 aliphatic rings. The molecule has 2 rings (SSSR count). The van der Waals surface area contributed by atoms with E-state index in [1.165, 1.54) is 11.0 Å². The van der Waals surface area contributed by atoms with Crippen LogP contribution in [-0.2, 0) is 0 Å². The zero-order valence-electron chi connectivity index (χ0n) is 12.0. The van der Waals surface area contributed by atoms with Gasteiger partial charge >= 0.3 is 6.18 Å². The number of rotatable bonds is 4. The maximum atomic E-state index is 13.1. The fourth-order valence-electron chi connectivity index (χ4n) is 2.26. The number of alkyl halides is 3. The normalized spacial score (nSPS) is 17.6. The van der Waals surface area contributed by atoms with Crippen LogP contribution in [0.15, 0.2) is 6.07 Å². The smallest absolute Gasteiger partial charge is 0.349 e. The third-order valence-corrected chi connectivity index (χ3v) is 3.36. The zero-order valence-corrected chi connectivity index (χ0v) is 12.9. The SMILES string of the molecule is Cc1cc(C(=O)NCC(N2CCNCC2)C(F)(F)F)n[nH]1.Cl. The van der Waals surface area contributed by atoms with Crippen LogP contribution in [0.2, 0.25) is 0 Å². The first-order valence-electron chi connectivity index (χ1n) is 6.69. The molecule has 1 atom stereocenters. The molecule has 6 nitrogen and oxygen atoms in total. The molecule has 126 valence electrons. The van der Waals surface area contributed by atoms with E-state index in [1.807, 2.05) is 0 Å². The van der Waals surface area contributed by atoms with Crippen LogP contribution in [0.4, 0.5) is 13.2 Å². The van der Waals surface area contributed by atoms with Gasteiger partial charge in [-0.2, -0.15) is 18.3 Å². The van der Waals surface area contributed by atoms with E-state index in [1.54, 1.807) is 6.92 Å². The standard InChI is InChI=1S/C12H18F3N5O.ClH/c1-8-6-9(19-18-8)11(21)17-7-10(12(13,14)15)20-4-2-16-3-5-20;/h6,10,16H,2-5,7H2,1H3,(H,17,21)(H,18,19);1H. The molecule has 0 saturated carbocycles. The number of hydrogen-bond acceptors (Lipinski definition) is 4. The van der Waals surface area contributed by atoms with Crippen LogP contribution in [-0.4, -0.2) is 65.9 Å². The maximum absolute atomic E-state index is 13.1. The van der Waals surface area contributed by atoms with Crippen molar-refractivity contribution in [3.63, 3.8) is 0 Å². The van der Waals surface area contributed by atoms with Gasteiger partial charge in [-0.15, -0.1) is 12.4 Å². The summed E-state index contributed by atoms with van der Waals surface area (Å²) in [5.41, 5.74) is 0.767. The van der Waals surface area contributed by atoms with E-state index < -0.39 is 24.7 Å². The molecule has 1 fully saturated rings. The maximum Gasteiger partial charge on any atom is 0.405 e. The van der Waals surface area contributed by atoms with Crippen molar-refractivity contribution in [2.45, 2.75) is 19.1 Å². The number of piperazine rings is 1. The third-order valence-electron chi connectivity index (χ3n) is 3.36. The van der Waals surface area contributed by atoms with Crippen molar-refractivity contribution in [2.24, 2.45) is 0 Å². The highest BCUT2D eigenvalue weighted by Crippen LogP contribution is 2.24. The van der Waals surface area contributed by atoms with E-state index in [9.17, 15) is 18.0 Å². The number of amides is 1. The molecule has 0 spiro atoms. The third kappa shape index (κ3) is 4.85. The van der Waals surface area contributed by atoms with Gasteiger partial charge < -0.3 is 10.6 Å². The molecule has 1 aromatic rings. The number of hydrogen-bond donors (Lipinski definition) is 3. The largest absolute Gasteiger partial charge is 0.405 e. The summed E-state index contributed by atoms with van der Waals surface area (Å²) in [6.45, 7) is 2.87. The Morgan fingerprint density at radius 3 is 2.59 bits per heavy atom. The molecule has 2 heterocycles. The Bertz CT molecular complexity index is 487. The summed E-state index contributed by atoms with van der Waals surface area (Å²) in [6.07, 6.45) is -4.38. The molecule has 0 bridgehead atoms. The monoisotopic (exact) mass is 341 g/mol. The predicted molar refractivity (Wildman–Crippen MR) is 77.2 cm³/mol. The van der Waals surface area contributed by atoms with Crippen LogP contribution >= 0.6 is 12.4 Å². The Morgan fingerprint density at radius 1 is 1.45 bits per heavy atom. The van der Waals surface area contributed by atoms with Crippen molar-refractivity contribution in [3.05, 3.63) is 17.5 Å². The minimum Gasteiger partial charge on any atom is -0.349 e. The van der Waals surface area contributed by atoms with Gasteiger partial charge in [-0.3, -0.25) is 14.8 Å². The highest BCUT2D eigenvalue weighted by molar-refractivity contribution is 5.92. The molecule has 10 heteroatoms. The molecule has 0 aliphatic carbocycles. The van der Waals surface area contributed by atoms with Crippen LogP contribution in [0.5, 0.6) is 0 Å². The number of carbonyl (C=O) groups is 1. The first-order chi connectivity index (χ1) is 9.88. The molecule has 3 N–H and O–H groups in total. The Morgan fingerprint density at radius 2 is 2.09 bits per heavy atom. The minimum atomic E-state index is -4.38. The van der Waals surface area contributed by atoms with Crippen molar-refractivity contribution >= 4 is 18.3 Å². The fraction of sp³-hybridized carbons (Fsp3) is 0.667. The molecule has 0 aromatic carbocycles. The second kappa shape index (κ2) is 7.80. The summed E-state index contributed by atoms with van der Waals surface area (Å²) < 4.78 is 39.4. The van der Waals surface area contributed by atoms with E-state index in [-0.39, 0.29) is 18.1 Å². The second-order valence-electron chi connectivity index (χ2n) is 4.99. The van der Waals surface area contributed by atoms with Crippen LogP contribution in [0.25, 0.3) is 0 Å². The van der Waals surface area contributed by atoms with Gasteiger partial charge in [-0.25, -0.2) is 0 Å². The molecular formula is C12H19ClF3N5O. The summed E-state index contributed by atoms with van der Waals surface area (Å²) in [4.78, 5) is 13.1. The van der Waals surface area contributed by atoms with Crippen LogP contribution in [0.1, 0.15) is 16.2 Å². The number of halogens is 4. The topological polar surface area (TPSA) is 73.1 Å². The minimum absolute atomic E-state index is 0. The molecule has 1 aliphatic heterocycles. The quantitative estimate of drug-likeness (QED) is 0.754. The van der Waals surface area contributed by atoms with Gasteiger partial charge in [-0.05, 0) is 13.0 Å². The predicted octanol–water partition coefficient (Wildman–Crippen LogP) is 0.706. The molecule has 1 saturated heterocycles. The van der Waals surface area contributed by atoms with Crippen molar-refractivity contribution in [1.29, 1.82) is 0 Å². The summed E-state index contributed by atoms with van der Waals surface area (Å²) in [5.74, 6) is -0.608. The lowest BCUT2D eigenvalue weighted by Crippen LogP contribution is -2.57. The summed E-state index contributed by atoms with van der Waals surface area (Å²) in [5, 5.41) is 11.6. The number of nitrogens with zero attached hydrogens (tertiary/aromatic N) is 2. The molecular weight excluding hydrogens is 323 g/mol. The molecule has 0 radical (unpaired) electrons. The number of aromatic nitrogens is 2. The Labute approximate surface area is 132 Å². The van der Waals surface area contributed by atoms with Gasteiger partial charge in [0.05, 0.1) is 0 Å². The van der Waals surface area contributed by atoms with E-state index in [0.717, 1.165) is 0 Å². The Hall–Kier alpha value is -1.32. The molecule has 1 aromatic heterocycles. The second-order valence-corrected chi connectivity index (χ2v) is 4.99. The lowest BCUT2D eigenvalue weighted by atomic mass is 10.2. The fourth-order valence-corrected chi connectivity index (χ4v) is 2.26. The van der Waals surface area contributed by atoms with Gasteiger partial charge in [0.1, 0.15) is 11.7 Å². The van der Waals surface area contributed by atoms with Crippen molar-refractivity contribution in [1.82, 2.24) is 25.7 Å². The Balaban J connectivity index is 0.00000242. The highest BCUT2D eigenvalue weighted by atomic mass is 35.5. The molecule has 22 heavy (non-hydrogen) atoms. The summed E-state index contributed by atoms with van der Waals surface area (Å²) in [6, 6.07) is -0.188. The van der Waals surface area contributed by atoms with Gasteiger partial charge in [0, 0.05) is 38.4 Å². The number of carbonyl (C=O) groups excluding carboxylic acids is 1. The van der Waals surface area contributed by atoms with E-state index in [4.69, 9.17) is 0 Å². The highest BCUT2D eigenvalue weighted by Gasteiger charge is 2.43. The van der Waals surface area contributed by atoms with Crippen molar-refractivity contribution < 1.29 is 18.0 Å². The van der Waals surface area contributed by atoms with E-state index in [0.29, 0.717) is 31.9 Å². The van der Waals surface area contributed by atoms with Gasteiger partial charge in [-0.1, -0.05) is 0 Å². The average Bonchev–Trinajstić information content (AvgIpc) is 2.85. The van der Waals surface area contributed by atoms with Gasteiger partial charge in [0.2, 0.25) is 0 Å². The number of aryl methyl sites for hydroxylation is 1. The van der Waals surface area contributed by atoms with Gasteiger partial charge in [0.25, 0.3) is 5.91 Å². The van der Waals surface area contributed by atoms with Crippen LogP contribution in [0, 0.1) is 6.92 Å².